The van der Waals surface area contributed by atoms with Crippen molar-refractivity contribution in [2.75, 3.05) is 24.6 Å². The first-order chi connectivity index (χ1) is 9.68. The van der Waals surface area contributed by atoms with Crippen molar-refractivity contribution in [1.82, 2.24) is 10.6 Å². The van der Waals surface area contributed by atoms with Gasteiger partial charge < -0.3 is 15.4 Å². The molecule has 0 saturated carbocycles. The van der Waals surface area contributed by atoms with Crippen LogP contribution in [0.3, 0.4) is 0 Å². The van der Waals surface area contributed by atoms with Gasteiger partial charge in [-0.25, -0.2) is 13.2 Å². The zero-order valence-electron chi connectivity index (χ0n) is 13.0. The molecule has 122 valence electrons. The maximum Gasteiger partial charge on any atom is 0.407 e. The molecule has 1 aliphatic rings. The topological polar surface area (TPSA) is 84.5 Å². The molecule has 1 heterocycles. The van der Waals surface area contributed by atoms with Crippen molar-refractivity contribution < 1.29 is 17.9 Å². The number of sulfone groups is 1. The van der Waals surface area contributed by atoms with Crippen LogP contribution < -0.4 is 10.6 Å². The summed E-state index contributed by atoms with van der Waals surface area (Å²) in [6.45, 7) is 6.41. The van der Waals surface area contributed by atoms with Gasteiger partial charge in [-0.3, -0.25) is 0 Å². The van der Waals surface area contributed by atoms with Crippen molar-refractivity contribution in [1.29, 1.82) is 0 Å². The molecule has 0 aromatic heterocycles. The Balaban J connectivity index is 2.14. The largest absolute Gasteiger partial charge is 0.444 e. The van der Waals surface area contributed by atoms with Crippen LogP contribution in [0.25, 0.3) is 0 Å². The van der Waals surface area contributed by atoms with Gasteiger partial charge in [0, 0.05) is 19.1 Å². The quantitative estimate of drug-likeness (QED) is 0.745. The number of ether oxygens (including phenoxy) is 1. The number of amides is 1. The van der Waals surface area contributed by atoms with E-state index in [9.17, 15) is 13.2 Å². The molecule has 7 heteroatoms. The van der Waals surface area contributed by atoms with E-state index in [0.29, 0.717) is 18.8 Å². The van der Waals surface area contributed by atoms with Gasteiger partial charge in [-0.05, 0) is 33.6 Å². The van der Waals surface area contributed by atoms with E-state index in [4.69, 9.17) is 4.74 Å². The third kappa shape index (κ3) is 8.72. The Morgan fingerprint density at radius 3 is 2.57 bits per heavy atom. The van der Waals surface area contributed by atoms with Crippen LogP contribution in [0.5, 0.6) is 0 Å². The van der Waals surface area contributed by atoms with E-state index in [1.165, 1.54) is 0 Å². The van der Waals surface area contributed by atoms with Gasteiger partial charge in [-0.1, -0.05) is 12.2 Å². The van der Waals surface area contributed by atoms with E-state index in [1.807, 2.05) is 32.9 Å². The summed E-state index contributed by atoms with van der Waals surface area (Å²) < 4.78 is 28.0. The summed E-state index contributed by atoms with van der Waals surface area (Å²) in [6, 6.07) is 0.0345. The lowest BCUT2D eigenvalue weighted by Crippen LogP contribution is -2.40. The van der Waals surface area contributed by atoms with Crippen LogP contribution in [0.2, 0.25) is 0 Å². The number of hydrogen-bond donors (Lipinski definition) is 2. The van der Waals surface area contributed by atoms with Gasteiger partial charge in [-0.2, -0.15) is 0 Å². The molecule has 0 radical (unpaired) electrons. The Kier molecular flexibility index (Phi) is 6.67. The molecule has 21 heavy (non-hydrogen) atoms. The molecule has 1 unspecified atom stereocenters. The lowest BCUT2D eigenvalue weighted by Gasteiger charge is -2.22. The van der Waals surface area contributed by atoms with Gasteiger partial charge in [0.05, 0.1) is 11.5 Å². The number of alkyl carbamates (subject to hydrolysis) is 1. The van der Waals surface area contributed by atoms with E-state index in [1.54, 1.807) is 0 Å². The maximum absolute atomic E-state index is 11.5. The lowest BCUT2D eigenvalue weighted by molar-refractivity contribution is 0.0534. The van der Waals surface area contributed by atoms with Gasteiger partial charge in [0.2, 0.25) is 0 Å². The van der Waals surface area contributed by atoms with Crippen LogP contribution in [0, 0.1) is 0 Å². The van der Waals surface area contributed by atoms with Crippen molar-refractivity contribution >= 4 is 15.9 Å². The molecule has 1 amide bonds. The minimum atomic E-state index is -2.87. The molecule has 0 aromatic carbocycles. The zero-order valence-corrected chi connectivity index (χ0v) is 13.8. The second-order valence-electron chi connectivity index (χ2n) is 6.22. The molecule has 1 saturated heterocycles. The predicted molar refractivity (Wildman–Crippen MR) is 83.1 cm³/mol. The maximum atomic E-state index is 11.5. The van der Waals surface area contributed by atoms with Gasteiger partial charge in [0.1, 0.15) is 5.60 Å². The molecular weight excluding hydrogens is 292 g/mol. The molecule has 2 N–H and O–H groups in total. The highest BCUT2D eigenvalue weighted by Gasteiger charge is 2.23. The van der Waals surface area contributed by atoms with E-state index >= 15 is 0 Å². The minimum Gasteiger partial charge on any atom is -0.444 e. The fraction of sp³-hybridized carbons (Fsp3) is 0.786. The summed E-state index contributed by atoms with van der Waals surface area (Å²) in [6.07, 6.45) is 4.86. The Bertz CT molecular complexity index is 466. The van der Waals surface area contributed by atoms with Crippen LogP contribution in [0.4, 0.5) is 4.79 Å². The number of hydrogen-bond acceptors (Lipinski definition) is 5. The smallest absolute Gasteiger partial charge is 0.407 e. The normalized spacial score (nSPS) is 22.1. The summed E-state index contributed by atoms with van der Waals surface area (Å²) in [7, 11) is -2.87. The Labute approximate surface area is 127 Å². The Morgan fingerprint density at radius 1 is 1.29 bits per heavy atom. The second kappa shape index (κ2) is 7.79. The van der Waals surface area contributed by atoms with E-state index in [2.05, 4.69) is 10.6 Å². The molecule has 0 aliphatic carbocycles. The van der Waals surface area contributed by atoms with E-state index in [-0.39, 0.29) is 11.8 Å². The number of rotatable bonds is 5. The summed E-state index contributed by atoms with van der Waals surface area (Å²) >= 11 is 0. The Hall–Kier alpha value is -1.08. The van der Waals surface area contributed by atoms with Crippen molar-refractivity contribution in [3.63, 3.8) is 0 Å². The van der Waals surface area contributed by atoms with Gasteiger partial charge >= 0.3 is 6.09 Å². The van der Waals surface area contributed by atoms with Crippen molar-refractivity contribution in [3.8, 4) is 0 Å². The van der Waals surface area contributed by atoms with E-state index in [0.717, 1.165) is 12.8 Å². The summed E-state index contributed by atoms with van der Waals surface area (Å²) in [5.74, 6) is 0.526. The molecule has 1 fully saturated rings. The minimum absolute atomic E-state index is 0.0345. The van der Waals surface area contributed by atoms with Crippen LogP contribution in [-0.2, 0) is 14.6 Å². The first kappa shape index (κ1) is 18.0. The van der Waals surface area contributed by atoms with Gasteiger partial charge in [0.15, 0.2) is 9.84 Å². The SMILES string of the molecule is CC(C)(C)OC(=O)NC/C=C/CNC1CCCS(=O)(=O)C1. The van der Waals surface area contributed by atoms with Crippen LogP contribution in [0.1, 0.15) is 33.6 Å². The summed E-state index contributed by atoms with van der Waals surface area (Å²) in [5, 5.41) is 5.81. The molecule has 1 atom stereocenters. The predicted octanol–water partition coefficient (Wildman–Crippen LogP) is 1.23. The number of nitrogens with one attached hydrogen (secondary N) is 2. The average molecular weight is 318 g/mol. The van der Waals surface area contributed by atoms with Crippen molar-refractivity contribution in [3.05, 3.63) is 12.2 Å². The molecule has 0 aromatic rings. The summed E-state index contributed by atoms with van der Waals surface area (Å²) in [5.41, 5.74) is -0.498. The van der Waals surface area contributed by atoms with Crippen LogP contribution in [-0.4, -0.2) is 50.7 Å². The molecule has 1 rings (SSSR count). The van der Waals surface area contributed by atoms with Crippen LogP contribution in [0.15, 0.2) is 12.2 Å². The number of carbonyl (C=O) groups excluding carboxylic acids is 1. The average Bonchev–Trinajstić information content (AvgIpc) is 2.30. The fourth-order valence-electron chi connectivity index (χ4n) is 2.04. The fourth-order valence-corrected chi connectivity index (χ4v) is 3.71. The van der Waals surface area contributed by atoms with Crippen molar-refractivity contribution in [2.24, 2.45) is 0 Å². The molecule has 1 aliphatic heterocycles. The third-order valence-corrected chi connectivity index (χ3v) is 4.74. The highest BCUT2D eigenvalue weighted by atomic mass is 32.2. The molecule has 0 spiro atoms. The highest BCUT2D eigenvalue weighted by Crippen LogP contribution is 2.11. The number of carbonyl (C=O) groups is 1. The first-order valence-electron chi connectivity index (χ1n) is 7.24. The highest BCUT2D eigenvalue weighted by molar-refractivity contribution is 7.91. The lowest BCUT2D eigenvalue weighted by atomic mass is 10.2. The third-order valence-electron chi connectivity index (χ3n) is 2.92. The van der Waals surface area contributed by atoms with Crippen LogP contribution >= 0.6 is 0 Å². The van der Waals surface area contributed by atoms with Gasteiger partial charge in [-0.15, -0.1) is 0 Å². The monoisotopic (exact) mass is 318 g/mol. The standard InChI is InChI=1S/C14H26N2O4S/c1-14(2,3)20-13(17)16-9-5-4-8-15-12-7-6-10-21(18,19)11-12/h4-5,12,15H,6-11H2,1-3H3,(H,16,17)/b5-4+. The Morgan fingerprint density at radius 2 is 1.95 bits per heavy atom. The van der Waals surface area contributed by atoms with Crippen molar-refractivity contribution in [2.45, 2.75) is 45.3 Å². The molecule has 0 bridgehead atoms. The van der Waals surface area contributed by atoms with Gasteiger partial charge in [0.25, 0.3) is 0 Å². The summed E-state index contributed by atoms with van der Waals surface area (Å²) in [4.78, 5) is 11.4. The molecule has 6 nitrogen and oxygen atoms in total. The van der Waals surface area contributed by atoms with E-state index < -0.39 is 21.5 Å². The first-order valence-corrected chi connectivity index (χ1v) is 9.06. The zero-order chi connectivity index (χ0) is 15.9. The molecular formula is C14H26N2O4S. The second-order valence-corrected chi connectivity index (χ2v) is 8.44.